The molecule has 2 rings (SSSR count). The molecule has 0 saturated carbocycles. The Bertz CT molecular complexity index is 525. The standard InChI is InChI=1S/C18H29N2O/c1-7-20(5,6)16-9-8-10-19(18(16)21)17-14(3)11-13(2)12-15(17)4/h11-12,16H,7-10H2,1-6H3/q+1. The van der Waals surface area contributed by atoms with Gasteiger partial charge in [0.15, 0.2) is 6.04 Å². The van der Waals surface area contributed by atoms with Crippen LogP contribution in [0.5, 0.6) is 0 Å². The topological polar surface area (TPSA) is 20.3 Å². The molecule has 116 valence electrons. The van der Waals surface area contributed by atoms with E-state index in [4.69, 9.17) is 0 Å². The SMILES string of the molecule is CC[N+](C)(C)C1CCCN(c2c(C)cc(C)cc2C)C1=O. The van der Waals surface area contributed by atoms with Gasteiger partial charge in [0.25, 0.3) is 5.91 Å². The van der Waals surface area contributed by atoms with Gasteiger partial charge in [-0.05, 0) is 45.2 Å². The van der Waals surface area contributed by atoms with E-state index in [-0.39, 0.29) is 6.04 Å². The van der Waals surface area contributed by atoms with E-state index in [1.165, 1.54) is 16.7 Å². The highest BCUT2D eigenvalue weighted by Gasteiger charge is 2.40. The summed E-state index contributed by atoms with van der Waals surface area (Å²) in [5.41, 5.74) is 4.82. The molecule has 3 heteroatoms. The minimum Gasteiger partial charge on any atom is -0.318 e. The van der Waals surface area contributed by atoms with Crippen molar-refractivity contribution < 1.29 is 9.28 Å². The summed E-state index contributed by atoms with van der Waals surface area (Å²) in [4.78, 5) is 15.1. The van der Waals surface area contributed by atoms with Gasteiger partial charge < -0.3 is 9.38 Å². The molecule has 1 amide bonds. The summed E-state index contributed by atoms with van der Waals surface area (Å²) >= 11 is 0. The molecular formula is C18H29N2O+. The molecule has 0 aromatic heterocycles. The third kappa shape index (κ3) is 2.98. The summed E-state index contributed by atoms with van der Waals surface area (Å²) in [6, 6.07) is 4.45. The van der Waals surface area contributed by atoms with Gasteiger partial charge in [-0.2, -0.15) is 0 Å². The first-order chi connectivity index (χ1) is 9.77. The maximum Gasteiger partial charge on any atom is 0.285 e. The first-order valence-corrected chi connectivity index (χ1v) is 8.00. The molecule has 0 aliphatic carbocycles. The summed E-state index contributed by atoms with van der Waals surface area (Å²) in [5, 5.41) is 0. The van der Waals surface area contributed by atoms with Gasteiger partial charge in [0.2, 0.25) is 0 Å². The fourth-order valence-electron chi connectivity index (χ4n) is 3.55. The lowest BCUT2D eigenvalue weighted by molar-refractivity contribution is -0.904. The smallest absolute Gasteiger partial charge is 0.285 e. The van der Waals surface area contributed by atoms with E-state index < -0.39 is 0 Å². The van der Waals surface area contributed by atoms with E-state index in [9.17, 15) is 4.79 Å². The molecular weight excluding hydrogens is 260 g/mol. The molecule has 1 aromatic carbocycles. The Balaban J connectivity index is 2.39. The van der Waals surface area contributed by atoms with E-state index >= 15 is 0 Å². The minimum atomic E-state index is 0.0869. The number of rotatable bonds is 3. The van der Waals surface area contributed by atoms with E-state index in [1.54, 1.807) is 0 Å². The number of nitrogens with zero attached hydrogens (tertiary/aromatic N) is 2. The second-order valence-corrected chi connectivity index (χ2v) is 6.99. The zero-order valence-corrected chi connectivity index (χ0v) is 14.4. The minimum absolute atomic E-state index is 0.0869. The molecule has 1 unspecified atom stereocenters. The molecule has 1 fully saturated rings. The van der Waals surface area contributed by atoms with E-state index in [1.807, 2.05) is 4.90 Å². The first-order valence-electron chi connectivity index (χ1n) is 8.00. The average molecular weight is 289 g/mol. The van der Waals surface area contributed by atoms with Crippen LogP contribution in [-0.2, 0) is 4.79 Å². The number of carbonyl (C=O) groups is 1. The maximum absolute atomic E-state index is 13.0. The zero-order valence-electron chi connectivity index (χ0n) is 14.4. The number of hydrogen-bond acceptors (Lipinski definition) is 1. The Morgan fingerprint density at radius 2 is 1.76 bits per heavy atom. The van der Waals surface area contributed by atoms with E-state index in [0.717, 1.165) is 36.1 Å². The van der Waals surface area contributed by atoms with Crippen LogP contribution in [0.25, 0.3) is 0 Å². The van der Waals surface area contributed by atoms with Crippen LogP contribution in [0.15, 0.2) is 12.1 Å². The van der Waals surface area contributed by atoms with Crippen molar-refractivity contribution in [2.75, 3.05) is 32.1 Å². The Morgan fingerprint density at radius 3 is 2.29 bits per heavy atom. The van der Waals surface area contributed by atoms with Crippen LogP contribution >= 0.6 is 0 Å². The zero-order chi connectivity index (χ0) is 15.8. The number of likely N-dealkylation sites (N-methyl/N-ethyl adjacent to an activating group) is 1. The predicted molar refractivity (Wildman–Crippen MR) is 88.7 cm³/mol. The fraction of sp³-hybridized carbons (Fsp3) is 0.611. The summed E-state index contributed by atoms with van der Waals surface area (Å²) in [5.74, 6) is 0.295. The van der Waals surface area contributed by atoms with Crippen molar-refractivity contribution in [2.45, 2.75) is 46.6 Å². The first kappa shape index (κ1) is 16.0. The predicted octanol–water partition coefficient (Wildman–Crippen LogP) is 3.20. The van der Waals surface area contributed by atoms with Crippen LogP contribution in [0.4, 0.5) is 5.69 Å². The maximum atomic E-state index is 13.0. The number of quaternary nitrogens is 1. The molecule has 1 heterocycles. The Labute approximate surface area is 129 Å². The van der Waals surface area contributed by atoms with Crippen molar-refractivity contribution in [3.63, 3.8) is 0 Å². The Hall–Kier alpha value is -1.35. The third-order valence-corrected chi connectivity index (χ3v) is 4.97. The van der Waals surface area contributed by atoms with Crippen LogP contribution in [0.1, 0.15) is 36.5 Å². The molecule has 1 atom stereocenters. The van der Waals surface area contributed by atoms with Crippen molar-refractivity contribution in [2.24, 2.45) is 0 Å². The summed E-state index contributed by atoms with van der Waals surface area (Å²) < 4.78 is 0.777. The van der Waals surface area contributed by atoms with Crippen molar-refractivity contribution >= 4 is 11.6 Å². The van der Waals surface area contributed by atoms with Crippen molar-refractivity contribution in [1.29, 1.82) is 0 Å². The number of piperidine rings is 1. The molecule has 3 nitrogen and oxygen atoms in total. The lowest BCUT2D eigenvalue weighted by atomic mass is 9.97. The van der Waals surface area contributed by atoms with Crippen molar-refractivity contribution in [3.05, 3.63) is 28.8 Å². The van der Waals surface area contributed by atoms with E-state index in [0.29, 0.717) is 5.91 Å². The van der Waals surface area contributed by atoms with Crippen molar-refractivity contribution in [3.8, 4) is 0 Å². The van der Waals surface area contributed by atoms with Crippen LogP contribution in [0.3, 0.4) is 0 Å². The number of carbonyl (C=O) groups excluding carboxylic acids is 1. The second-order valence-electron chi connectivity index (χ2n) is 6.99. The molecule has 0 N–H and O–H groups in total. The highest BCUT2D eigenvalue weighted by Crippen LogP contribution is 2.31. The molecule has 21 heavy (non-hydrogen) atoms. The number of aryl methyl sites for hydroxylation is 3. The molecule has 1 aromatic rings. The van der Waals surface area contributed by atoms with Gasteiger partial charge in [0, 0.05) is 18.7 Å². The highest BCUT2D eigenvalue weighted by molar-refractivity contribution is 5.98. The lowest BCUT2D eigenvalue weighted by Gasteiger charge is -2.42. The van der Waals surface area contributed by atoms with E-state index in [2.05, 4.69) is 53.9 Å². The third-order valence-electron chi connectivity index (χ3n) is 4.97. The van der Waals surface area contributed by atoms with Gasteiger partial charge in [0.1, 0.15) is 0 Å². The van der Waals surface area contributed by atoms with Gasteiger partial charge in [-0.1, -0.05) is 17.7 Å². The Kier molecular flexibility index (Phi) is 4.43. The molecule has 1 aliphatic rings. The average Bonchev–Trinajstić information content (AvgIpc) is 2.39. The van der Waals surface area contributed by atoms with Crippen LogP contribution in [0.2, 0.25) is 0 Å². The normalized spacial score (nSPS) is 20.0. The summed E-state index contributed by atoms with van der Waals surface area (Å²) in [6.45, 7) is 10.3. The van der Waals surface area contributed by atoms with Gasteiger partial charge in [-0.25, -0.2) is 0 Å². The number of amides is 1. The van der Waals surface area contributed by atoms with Crippen molar-refractivity contribution in [1.82, 2.24) is 0 Å². The number of hydrogen-bond donors (Lipinski definition) is 0. The van der Waals surface area contributed by atoms with Crippen LogP contribution in [-0.4, -0.2) is 43.6 Å². The van der Waals surface area contributed by atoms with Crippen LogP contribution in [0, 0.1) is 20.8 Å². The molecule has 0 bridgehead atoms. The second kappa shape index (κ2) is 5.80. The largest absolute Gasteiger partial charge is 0.318 e. The van der Waals surface area contributed by atoms with Gasteiger partial charge >= 0.3 is 0 Å². The number of benzene rings is 1. The van der Waals surface area contributed by atoms with Gasteiger partial charge in [-0.15, -0.1) is 0 Å². The van der Waals surface area contributed by atoms with Gasteiger partial charge in [0.05, 0.1) is 20.6 Å². The quantitative estimate of drug-likeness (QED) is 0.783. The number of anilines is 1. The molecule has 1 saturated heterocycles. The summed E-state index contributed by atoms with van der Waals surface area (Å²) in [7, 11) is 4.34. The molecule has 1 aliphatic heterocycles. The highest BCUT2D eigenvalue weighted by atomic mass is 16.2. The fourth-order valence-corrected chi connectivity index (χ4v) is 3.55. The lowest BCUT2D eigenvalue weighted by Crippen LogP contribution is -2.59. The molecule has 0 spiro atoms. The van der Waals surface area contributed by atoms with Crippen LogP contribution < -0.4 is 4.90 Å². The monoisotopic (exact) mass is 289 g/mol. The summed E-state index contributed by atoms with van der Waals surface area (Å²) in [6.07, 6.45) is 2.09. The Morgan fingerprint density at radius 1 is 1.19 bits per heavy atom. The molecule has 0 radical (unpaired) electrons. The van der Waals surface area contributed by atoms with Gasteiger partial charge in [-0.3, -0.25) is 4.79 Å².